The Kier molecular flexibility index (Phi) is 34.8. The summed E-state index contributed by atoms with van der Waals surface area (Å²) in [7, 11) is 0. The van der Waals surface area contributed by atoms with E-state index >= 15 is 33.6 Å². The summed E-state index contributed by atoms with van der Waals surface area (Å²) < 4.78 is 50.9. The number of halogens is 2. The molecular formula is C98H114Cl2N12O28. The summed E-state index contributed by atoms with van der Waals surface area (Å²) in [5.74, 6) is -15.1. The van der Waals surface area contributed by atoms with E-state index in [0.717, 1.165) is 118 Å². The number of amides is 9. The Hall–Kier alpha value is -12.9. The number of unbranched alkanes of at least 4 members (excludes halogenated alkanes) is 4. The van der Waals surface area contributed by atoms with Crippen LogP contribution in [0.5, 0.6) is 69.0 Å². The van der Waals surface area contributed by atoms with Gasteiger partial charge in [-0.1, -0.05) is 117 Å². The molecule has 0 saturated carbocycles. The van der Waals surface area contributed by atoms with Gasteiger partial charge in [0.1, 0.15) is 138 Å². The third-order valence-electron chi connectivity index (χ3n) is 24.5. The molecule has 9 amide bonds. The van der Waals surface area contributed by atoms with Crippen LogP contribution in [0, 0.1) is 5.92 Å². The quantitative estimate of drug-likeness (QED) is 0.0255. The van der Waals surface area contributed by atoms with E-state index in [9.17, 15) is 65.8 Å². The zero-order chi connectivity index (χ0) is 99.7. The number of ether oxygens (including phenoxy) is 8. The van der Waals surface area contributed by atoms with Crippen molar-refractivity contribution in [1.29, 1.82) is 0 Å². The predicted octanol–water partition coefficient (Wildman–Crippen LogP) is 5.26. The normalized spacial score (nSPS) is 24.0. The van der Waals surface area contributed by atoms with Crippen molar-refractivity contribution in [2.45, 2.75) is 201 Å². The lowest BCUT2D eigenvalue weighted by Gasteiger charge is -2.42. The average molecular weight is 1980 g/mol. The lowest BCUT2D eigenvalue weighted by molar-refractivity contribution is -0.277. The summed E-state index contributed by atoms with van der Waals surface area (Å²) in [6.45, 7) is 5.01. The van der Waals surface area contributed by atoms with E-state index in [4.69, 9.17) is 66.8 Å². The second-order valence-corrected chi connectivity index (χ2v) is 36.2. The maximum atomic E-state index is 17.0. The fraction of sp³-hybridized carbons (Fsp3) is 0.418. The Bertz CT molecular complexity index is 5810. The van der Waals surface area contributed by atoms with Gasteiger partial charge in [0, 0.05) is 49.1 Å². The molecule has 0 spiro atoms. The minimum absolute atomic E-state index is 0.0610. The summed E-state index contributed by atoms with van der Waals surface area (Å²) in [5, 5.41) is 157. The van der Waals surface area contributed by atoms with Crippen LogP contribution in [-0.2, 0) is 72.0 Å². The first-order valence-corrected chi connectivity index (χ1v) is 47.0. The highest BCUT2D eigenvalue weighted by Crippen LogP contribution is 2.51. The van der Waals surface area contributed by atoms with Crippen LogP contribution in [0.4, 0.5) is 4.79 Å². The molecule has 8 aliphatic heterocycles. The molecule has 24 N–H and O–H groups in total. The highest BCUT2D eigenvalue weighted by atomic mass is 35.5. The van der Waals surface area contributed by atoms with Gasteiger partial charge in [-0.05, 0) is 194 Å². The minimum atomic E-state index is -2.40. The van der Waals surface area contributed by atoms with Gasteiger partial charge in [0.2, 0.25) is 65.6 Å². The van der Waals surface area contributed by atoms with E-state index in [-0.39, 0.29) is 80.2 Å². The van der Waals surface area contributed by atoms with Gasteiger partial charge in [-0.3, -0.25) is 38.4 Å². The maximum Gasteiger partial charge on any atom is 0.408 e. The minimum Gasteiger partial charge on any atom is -0.508 e. The summed E-state index contributed by atoms with van der Waals surface area (Å²) in [4.78, 5) is 141. The van der Waals surface area contributed by atoms with Crippen molar-refractivity contribution in [2.75, 3.05) is 52.5 Å². The number of aliphatic hydroxyl groups is 7. The number of fused-ring (bicyclic) bond motifs is 14. The highest BCUT2D eigenvalue weighted by Gasteiger charge is 2.50. The lowest BCUT2D eigenvalue weighted by Crippen LogP contribution is -2.65. The van der Waals surface area contributed by atoms with Gasteiger partial charge in [0.15, 0.2) is 23.0 Å². The summed E-state index contributed by atoms with van der Waals surface area (Å²) >= 11 is 14.7. The molecule has 8 aromatic rings. The van der Waals surface area contributed by atoms with Crippen LogP contribution in [-0.4, -0.2) is 235 Å². The molecule has 2 fully saturated rings. The molecule has 17 atom stereocenters. The lowest BCUT2D eigenvalue weighted by atomic mass is 9.89. The van der Waals surface area contributed by atoms with Crippen molar-refractivity contribution in [3.63, 3.8) is 0 Å². The first kappa shape index (κ1) is 103. The van der Waals surface area contributed by atoms with Crippen molar-refractivity contribution < 1.29 is 137 Å². The van der Waals surface area contributed by atoms with Crippen molar-refractivity contribution in [1.82, 2.24) is 58.5 Å². The second kappa shape index (κ2) is 47.4. The van der Waals surface area contributed by atoms with Crippen LogP contribution >= 0.6 is 23.2 Å². The number of alkyl carbamates (subject to hydrolysis) is 1. The van der Waals surface area contributed by atoms with Crippen molar-refractivity contribution >= 4 is 76.6 Å². The van der Waals surface area contributed by atoms with E-state index in [1.165, 1.54) is 48.5 Å². The van der Waals surface area contributed by atoms with E-state index in [1.54, 1.807) is 30.3 Å². The monoisotopic (exact) mass is 1980 g/mol. The Labute approximate surface area is 813 Å². The molecule has 8 heterocycles. The summed E-state index contributed by atoms with van der Waals surface area (Å²) in [6.07, 6.45) is -13.3. The number of phenolic OH excluding ortho intramolecular Hbond substituents is 4. The number of aromatic hydroxyl groups is 4. The molecule has 748 valence electrons. The van der Waals surface area contributed by atoms with Gasteiger partial charge in [-0.15, -0.1) is 0 Å². The van der Waals surface area contributed by atoms with Crippen LogP contribution in [0.2, 0.25) is 10.0 Å². The Morgan fingerprint density at radius 2 is 1.06 bits per heavy atom. The highest BCUT2D eigenvalue weighted by molar-refractivity contribution is 6.32. The number of hydrogen-bond acceptors (Lipinski definition) is 31. The van der Waals surface area contributed by atoms with Crippen LogP contribution in [0.25, 0.3) is 11.1 Å². The van der Waals surface area contributed by atoms with Crippen molar-refractivity contribution in [3.8, 4) is 80.1 Å². The zero-order valence-electron chi connectivity index (χ0n) is 76.3. The fourth-order valence-electron chi connectivity index (χ4n) is 17.1. The van der Waals surface area contributed by atoms with E-state index in [1.807, 2.05) is 0 Å². The number of hydrogen-bond donors (Lipinski definition) is 23. The largest absolute Gasteiger partial charge is 0.508 e. The standard InChI is InChI=1S/C98H114Cl2N12O28/c1-48(2)14-6-3-4-9-17-75(119)107-82-85(122)83(120)73(45-113)138-96(82)140-88-71-40-55-41-72(88)136-68-25-19-51(33-62(68)100)35-64-90(126)111-81(91(127)104-31-13-30-103-28-11-10-27-102-29-12-26-101)60-43-57(116)44-70(137-97-87(124)86(123)84(121)74(46-114)139-97)76(60)59-38-52(20-22-65(59)117)77(92(128)105-64)109-95(131)80(55)110-94(130)79-54-36-56(115)42-58(37-54)134-69-39-53(21-23-66(69)118)78(112-98(132)133-47-49-15-7-5-8-16-49)93(129)106-63(89(125)108-79)34-50-18-24-67(135-71)61(99)32-50/h5,7-8,15-16,18-25,32-33,36-44,48,63-64,73-74,77-87,96-97,102-103,113-118,120-124H,3-4,6,9-14,17,26-31,34-35,45-47,101H2,1-2H3,(H,104,127)(H,105,128)(H,106,129)(H,107,119)(H,108,125)(H,109,131)(H,110,130)(H,111,126)(H,112,132)/t63-,64+,73-,74-,77-,78+,79+,80-,81-,82-,83-,84-,85-,86+,87+,96+,97+/m1/s1. The molecule has 16 rings (SSSR count). The first-order valence-electron chi connectivity index (χ1n) is 46.2. The van der Waals surface area contributed by atoms with Crippen LogP contribution in [0.1, 0.15) is 153 Å². The maximum absolute atomic E-state index is 17.0. The molecule has 40 nitrogen and oxygen atoms in total. The number of nitrogens with one attached hydrogen (secondary N) is 11. The second-order valence-electron chi connectivity index (χ2n) is 35.4. The molecular weight excluding hydrogens is 1860 g/mol. The Morgan fingerprint density at radius 3 is 1.70 bits per heavy atom. The summed E-state index contributed by atoms with van der Waals surface area (Å²) in [5.41, 5.74) is 4.04. The average Bonchev–Trinajstić information content (AvgIpc) is 0.781. The third-order valence-corrected chi connectivity index (χ3v) is 25.1. The van der Waals surface area contributed by atoms with E-state index in [2.05, 4.69) is 72.3 Å². The van der Waals surface area contributed by atoms with Gasteiger partial charge in [0.05, 0.1) is 23.3 Å². The Morgan fingerprint density at radius 1 is 0.493 bits per heavy atom. The number of phenols is 4. The number of nitrogens with two attached hydrogens (primary N) is 1. The predicted molar refractivity (Wildman–Crippen MR) is 502 cm³/mol. The SMILES string of the molecule is CC(C)CCCCCCC(=O)N[C@H]1[C@H](Oc2c3cc4cc2Oc2ccc(cc2Cl)C[C@H]2NC(=O)[C@@H](NC(=O)OCc5ccccc5)c5ccc(O)c(c5)Oc5cc(O)cc(c5)[C@H](NC2=O)C(=O)N[C@H]4C(=O)N[C@H]2C(=O)N[C@@H](Cc4ccc(c(Cl)c4)O3)C(=O)N[C@@H](C(=O)NCCCNCCCCNCCCN)c3cc(O)cc(O[C@H]4O[C@H](CO)[C@@H](O)[C@H](O)[C@@H]4O)c3-c3cc2ccc3O)O[C@H](CO)[C@@H](O)[C@@H]1O. The number of carbonyl (C=O) groups is 9. The Balaban J connectivity index is 0.951. The van der Waals surface area contributed by atoms with Crippen LogP contribution in [0.15, 0.2) is 146 Å². The number of rotatable bonds is 30. The van der Waals surface area contributed by atoms with Gasteiger partial charge in [-0.25, -0.2) is 4.79 Å². The molecule has 140 heavy (non-hydrogen) atoms. The number of carbonyl (C=O) groups excluding carboxylic acids is 9. The molecule has 0 aliphatic carbocycles. The van der Waals surface area contributed by atoms with Crippen LogP contribution in [0.3, 0.4) is 0 Å². The van der Waals surface area contributed by atoms with Gasteiger partial charge < -0.3 is 158 Å². The molecule has 0 unspecified atom stereocenters. The topological polar surface area (TPSA) is 608 Å². The summed E-state index contributed by atoms with van der Waals surface area (Å²) in [6, 6.07) is 14.8. The molecule has 8 aliphatic rings. The molecule has 17 bridgehead atoms. The number of benzene rings is 8. The van der Waals surface area contributed by atoms with E-state index < -0.39 is 251 Å². The van der Waals surface area contributed by atoms with Gasteiger partial charge in [-0.2, -0.15) is 0 Å². The molecule has 0 aromatic heterocycles. The van der Waals surface area contributed by atoms with Gasteiger partial charge in [0.25, 0.3) is 0 Å². The zero-order valence-corrected chi connectivity index (χ0v) is 77.8. The molecule has 8 aromatic carbocycles. The third kappa shape index (κ3) is 25.5. The molecule has 2 saturated heterocycles. The van der Waals surface area contributed by atoms with Gasteiger partial charge >= 0.3 is 6.09 Å². The van der Waals surface area contributed by atoms with Crippen molar-refractivity contribution in [2.24, 2.45) is 11.7 Å². The van der Waals surface area contributed by atoms with Crippen molar-refractivity contribution in [3.05, 3.63) is 200 Å². The van der Waals surface area contributed by atoms with Crippen LogP contribution < -0.4 is 87.9 Å². The smallest absolute Gasteiger partial charge is 0.408 e. The first-order chi connectivity index (χ1) is 67.3. The molecule has 42 heteroatoms. The molecule has 0 radical (unpaired) electrons. The van der Waals surface area contributed by atoms with E-state index in [0.29, 0.717) is 50.4 Å². The fourth-order valence-corrected chi connectivity index (χ4v) is 17.6. The number of aliphatic hydroxyl groups excluding tert-OH is 7.